The number of ether oxygens (including phenoxy) is 1. The Hall–Kier alpha value is -1.75. The SMILES string of the molecule is COc1ccc(C(Cl)C(=O)NCCCC(=O)NC(C)C)cc1. The lowest BCUT2D eigenvalue weighted by molar-refractivity contribution is -0.123. The van der Waals surface area contributed by atoms with Crippen LogP contribution in [0.1, 0.15) is 37.6 Å². The van der Waals surface area contributed by atoms with E-state index in [0.29, 0.717) is 30.7 Å². The van der Waals surface area contributed by atoms with Gasteiger partial charge in [-0.05, 0) is 38.0 Å². The van der Waals surface area contributed by atoms with Gasteiger partial charge in [0.05, 0.1) is 7.11 Å². The van der Waals surface area contributed by atoms with E-state index in [0.717, 1.165) is 0 Å². The summed E-state index contributed by atoms with van der Waals surface area (Å²) in [6.07, 6.45) is 0.963. The average Bonchev–Trinajstić information content (AvgIpc) is 2.50. The normalized spacial score (nSPS) is 11.9. The van der Waals surface area contributed by atoms with Crippen LogP contribution in [0, 0.1) is 0 Å². The van der Waals surface area contributed by atoms with E-state index in [9.17, 15) is 9.59 Å². The quantitative estimate of drug-likeness (QED) is 0.569. The van der Waals surface area contributed by atoms with E-state index >= 15 is 0 Å². The second kappa shape index (κ2) is 9.30. The minimum Gasteiger partial charge on any atom is -0.497 e. The Morgan fingerprint density at radius 2 is 1.86 bits per heavy atom. The van der Waals surface area contributed by atoms with Crippen LogP contribution in [-0.2, 0) is 9.59 Å². The molecule has 122 valence electrons. The number of hydrogen-bond donors (Lipinski definition) is 2. The third-order valence-corrected chi connectivity index (χ3v) is 3.42. The third-order valence-electron chi connectivity index (χ3n) is 2.97. The summed E-state index contributed by atoms with van der Waals surface area (Å²) in [7, 11) is 1.58. The van der Waals surface area contributed by atoms with Gasteiger partial charge in [0.15, 0.2) is 0 Å². The molecule has 0 aliphatic carbocycles. The third kappa shape index (κ3) is 6.35. The van der Waals surface area contributed by atoms with E-state index in [1.165, 1.54) is 0 Å². The fourth-order valence-electron chi connectivity index (χ4n) is 1.87. The zero-order valence-corrected chi connectivity index (χ0v) is 13.9. The van der Waals surface area contributed by atoms with Crippen molar-refractivity contribution in [1.82, 2.24) is 10.6 Å². The van der Waals surface area contributed by atoms with Crippen molar-refractivity contribution >= 4 is 23.4 Å². The van der Waals surface area contributed by atoms with E-state index < -0.39 is 5.38 Å². The van der Waals surface area contributed by atoms with Crippen molar-refractivity contribution in [3.63, 3.8) is 0 Å². The number of nitrogens with one attached hydrogen (secondary N) is 2. The van der Waals surface area contributed by atoms with E-state index in [2.05, 4.69) is 10.6 Å². The zero-order chi connectivity index (χ0) is 16.5. The fourth-order valence-corrected chi connectivity index (χ4v) is 2.09. The smallest absolute Gasteiger partial charge is 0.242 e. The highest BCUT2D eigenvalue weighted by Gasteiger charge is 2.17. The molecule has 6 heteroatoms. The molecular formula is C16H23ClN2O3. The fraction of sp³-hybridized carbons (Fsp3) is 0.500. The molecule has 1 atom stereocenters. The molecular weight excluding hydrogens is 304 g/mol. The summed E-state index contributed by atoms with van der Waals surface area (Å²) >= 11 is 6.13. The molecule has 0 saturated carbocycles. The predicted octanol–water partition coefficient (Wildman–Crippen LogP) is 2.40. The van der Waals surface area contributed by atoms with Crippen molar-refractivity contribution in [3.8, 4) is 5.75 Å². The van der Waals surface area contributed by atoms with Crippen LogP contribution in [0.4, 0.5) is 0 Å². The van der Waals surface area contributed by atoms with Crippen molar-refractivity contribution in [3.05, 3.63) is 29.8 Å². The summed E-state index contributed by atoms with van der Waals surface area (Å²) in [4.78, 5) is 23.4. The van der Waals surface area contributed by atoms with Crippen LogP contribution < -0.4 is 15.4 Å². The van der Waals surface area contributed by atoms with Crippen LogP contribution in [0.15, 0.2) is 24.3 Å². The molecule has 1 aromatic rings. The van der Waals surface area contributed by atoms with Crippen LogP contribution >= 0.6 is 11.6 Å². The number of rotatable bonds is 8. The summed E-state index contributed by atoms with van der Waals surface area (Å²) in [5.74, 6) is 0.433. The highest BCUT2D eigenvalue weighted by Crippen LogP contribution is 2.22. The monoisotopic (exact) mass is 326 g/mol. The van der Waals surface area contributed by atoms with Gasteiger partial charge in [-0.25, -0.2) is 0 Å². The molecule has 2 N–H and O–H groups in total. The van der Waals surface area contributed by atoms with Crippen molar-refractivity contribution in [1.29, 1.82) is 0 Å². The van der Waals surface area contributed by atoms with Gasteiger partial charge in [-0.3, -0.25) is 9.59 Å². The molecule has 0 bridgehead atoms. The maximum Gasteiger partial charge on any atom is 0.242 e. The second-order valence-electron chi connectivity index (χ2n) is 5.25. The summed E-state index contributed by atoms with van der Waals surface area (Å²) in [5, 5.41) is 4.78. The number of amides is 2. The van der Waals surface area contributed by atoms with Gasteiger partial charge in [-0.1, -0.05) is 12.1 Å². The van der Waals surface area contributed by atoms with Crippen LogP contribution in [-0.4, -0.2) is 31.5 Å². The van der Waals surface area contributed by atoms with E-state index in [4.69, 9.17) is 16.3 Å². The van der Waals surface area contributed by atoms with Gasteiger partial charge < -0.3 is 15.4 Å². The van der Waals surface area contributed by atoms with Crippen molar-refractivity contribution in [2.45, 2.75) is 38.1 Å². The molecule has 5 nitrogen and oxygen atoms in total. The number of alkyl halides is 1. The molecule has 0 aliphatic heterocycles. The van der Waals surface area contributed by atoms with Crippen LogP contribution in [0.3, 0.4) is 0 Å². The largest absolute Gasteiger partial charge is 0.497 e. The number of benzene rings is 1. The lowest BCUT2D eigenvalue weighted by Crippen LogP contribution is -2.32. The summed E-state index contributed by atoms with van der Waals surface area (Å²) < 4.78 is 5.06. The van der Waals surface area contributed by atoms with Gasteiger partial charge in [-0.15, -0.1) is 11.6 Å². The minimum atomic E-state index is -0.754. The molecule has 1 unspecified atom stereocenters. The maximum atomic E-state index is 11.9. The Kier molecular flexibility index (Phi) is 7.74. The Morgan fingerprint density at radius 1 is 1.23 bits per heavy atom. The molecule has 1 aromatic carbocycles. The van der Waals surface area contributed by atoms with Gasteiger partial charge in [0.2, 0.25) is 11.8 Å². The highest BCUT2D eigenvalue weighted by molar-refractivity contribution is 6.30. The molecule has 0 fully saturated rings. The first-order chi connectivity index (χ1) is 10.4. The standard InChI is InChI=1S/C16H23ClN2O3/c1-11(2)19-14(20)5-4-10-18-16(21)15(17)12-6-8-13(22-3)9-7-12/h6-9,11,15H,4-5,10H2,1-3H3,(H,18,21)(H,19,20). The Labute approximate surface area is 136 Å². The zero-order valence-electron chi connectivity index (χ0n) is 13.2. The summed E-state index contributed by atoms with van der Waals surface area (Å²) in [6, 6.07) is 7.16. The van der Waals surface area contributed by atoms with Crippen molar-refractivity contribution < 1.29 is 14.3 Å². The van der Waals surface area contributed by atoms with Gasteiger partial charge in [0.1, 0.15) is 11.1 Å². The summed E-state index contributed by atoms with van der Waals surface area (Å²) in [6.45, 7) is 4.24. The summed E-state index contributed by atoms with van der Waals surface area (Å²) in [5.41, 5.74) is 0.706. The topological polar surface area (TPSA) is 67.4 Å². The molecule has 0 radical (unpaired) electrons. The Morgan fingerprint density at radius 3 is 2.41 bits per heavy atom. The van der Waals surface area contributed by atoms with Gasteiger partial charge >= 0.3 is 0 Å². The number of hydrogen-bond acceptors (Lipinski definition) is 3. The lowest BCUT2D eigenvalue weighted by atomic mass is 10.1. The molecule has 0 aliphatic rings. The van der Waals surface area contributed by atoms with Crippen molar-refractivity contribution in [2.75, 3.05) is 13.7 Å². The molecule has 0 heterocycles. The number of halogens is 1. The maximum absolute atomic E-state index is 11.9. The molecule has 0 aromatic heterocycles. The lowest BCUT2D eigenvalue weighted by Gasteiger charge is -2.12. The molecule has 0 spiro atoms. The van der Waals surface area contributed by atoms with Crippen LogP contribution in [0.25, 0.3) is 0 Å². The molecule has 0 saturated heterocycles. The van der Waals surface area contributed by atoms with E-state index in [-0.39, 0.29) is 17.9 Å². The minimum absolute atomic E-state index is 0.0122. The Bertz CT molecular complexity index is 489. The number of carbonyl (C=O) groups is 2. The first-order valence-electron chi connectivity index (χ1n) is 7.29. The highest BCUT2D eigenvalue weighted by atomic mass is 35.5. The number of carbonyl (C=O) groups excluding carboxylic acids is 2. The van der Waals surface area contributed by atoms with E-state index in [1.54, 1.807) is 31.4 Å². The molecule has 1 rings (SSSR count). The first-order valence-corrected chi connectivity index (χ1v) is 7.72. The second-order valence-corrected chi connectivity index (χ2v) is 5.69. The van der Waals surface area contributed by atoms with Gasteiger partial charge in [0.25, 0.3) is 0 Å². The first kappa shape index (κ1) is 18.3. The van der Waals surface area contributed by atoms with Crippen molar-refractivity contribution in [2.24, 2.45) is 0 Å². The van der Waals surface area contributed by atoms with E-state index in [1.807, 2.05) is 13.8 Å². The predicted molar refractivity (Wildman–Crippen MR) is 87.1 cm³/mol. The number of methoxy groups -OCH3 is 1. The van der Waals surface area contributed by atoms with Crippen LogP contribution in [0.5, 0.6) is 5.75 Å². The average molecular weight is 327 g/mol. The Balaban J connectivity index is 2.33. The van der Waals surface area contributed by atoms with Crippen LogP contribution in [0.2, 0.25) is 0 Å². The van der Waals surface area contributed by atoms with Gasteiger partial charge in [-0.2, -0.15) is 0 Å². The molecule has 2 amide bonds. The molecule has 22 heavy (non-hydrogen) atoms. The van der Waals surface area contributed by atoms with Gasteiger partial charge in [0, 0.05) is 19.0 Å².